The minimum absolute atomic E-state index is 0.401. The number of hydrogen-bond acceptors (Lipinski definition) is 2. The van der Waals surface area contributed by atoms with Crippen molar-refractivity contribution < 1.29 is 0 Å². The number of halogens is 1. The molecule has 0 saturated heterocycles. The molecule has 0 aliphatic rings. The molecule has 0 aliphatic heterocycles. The average Bonchev–Trinajstić information content (AvgIpc) is 2.15. The highest BCUT2D eigenvalue weighted by molar-refractivity contribution is 6.36. The van der Waals surface area contributed by atoms with Crippen molar-refractivity contribution in [1.29, 1.82) is 0 Å². The van der Waals surface area contributed by atoms with Gasteiger partial charge >= 0.3 is 0 Å². The molecule has 2 nitrogen and oxygen atoms in total. The van der Waals surface area contributed by atoms with Gasteiger partial charge < -0.3 is 5.73 Å². The van der Waals surface area contributed by atoms with Gasteiger partial charge in [-0.25, -0.2) is 0 Å². The van der Waals surface area contributed by atoms with Crippen molar-refractivity contribution in [2.45, 2.75) is 6.92 Å². The normalized spacial score (nSPS) is 11.2. The lowest BCUT2D eigenvalue weighted by Gasteiger charge is -2.05. The summed E-state index contributed by atoms with van der Waals surface area (Å²) < 4.78 is 0. The van der Waals surface area contributed by atoms with Gasteiger partial charge in [0.05, 0.1) is 5.69 Å². The van der Waals surface area contributed by atoms with Crippen LogP contribution in [0.2, 0.25) is 0 Å². The van der Waals surface area contributed by atoms with Crippen LogP contribution in [0.15, 0.2) is 48.3 Å². The first kappa shape index (κ1) is 11.5. The third kappa shape index (κ3) is 3.26. The van der Waals surface area contributed by atoms with Crippen molar-refractivity contribution in [3.05, 3.63) is 59.6 Å². The zero-order chi connectivity index (χ0) is 11.4. The smallest absolute Gasteiger partial charge is 0.0717 e. The first-order chi connectivity index (χ1) is 7.00. The second-order valence-electron chi connectivity index (χ2n) is 3.26. The maximum Gasteiger partial charge on any atom is 0.0717 e. The van der Waals surface area contributed by atoms with Gasteiger partial charge in [0.1, 0.15) is 0 Å². The van der Waals surface area contributed by atoms with Gasteiger partial charge in [0, 0.05) is 22.5 Å². The molecule has 0 unspecified atom stereocenters. The summed E-state index contributed by atoms with van der Waals surface area (Å²) in [5.41, 5.74) is 8.45. The van der Waals surface area contributed by atoms with Crippen LogP contribution in [-0.2, 0) is 0 Å². The van der Waals surface area contributed by atoms with Gasteiger partial charge in [-0.3, -0.25) is 4.98 Å². The Morgan fingerprint density at radius 2 is 2.13 bits per heavy atom. The van der Waals surface area contributed by atoms with Crippen LogP contribution in [0.3, 0.4) is 0 Å². The highest BCUT2D eigenvalue weighted by Crippen LogP contribution is 2.23. The molecule has 3 heteroatoms. The second-order valence-corrected chi connectivity index (χ2v) is 3.71. The molecule has 0 saturated carbocycles. The summed E-state index contributed by atoms with van der Waals surface area (Å²) in [5.74, 6) is 0. The molecule has 1 aromatic heterocycles. The monoisotopic (exact) mass is 220 g/mol. The van der Waals surface area contributed by atoms with Gasteiger partial charge in [0.25, 0.3) is 0 Å². The molecule has 0 aromatic carbocycles. The summed E-state index contributed by atoms with van der Waals surface area (Å²) >= 11 is 5.86. The summed E-state index contributed by atoms with van der Waals surface area (Å²) in [6.45, 7) is 9.23. The van der Waals surface area contributed by atoms with Crippen molar-refractivity contribution >= 4 is 17.2 Å². The maximum atomic E-state index is 5.86. The standard InChI is InChI=1S/C12H13ClN2/c1-8-4-5-12(15-7-8)11(10(3)13)6-9(2)14/h4-7H,2-3,14H2,1H3/b11-6+. The third-order valence-electron chi connectivity index (χ3n) is 1.81. The molecule has 2 N–H and O–H groups in total. The van der Waals surface area contributed by atoms with Gasteiger partial charge in [0.15, 0.2) is 0 Å². The lowest BCUT2D eigenvalue weighted by atomic mass is 10.1. The van der Waals surface area contributed by atoms with Gasteiger partial charge in [-0.05, 0) is 24.6 Å². The highest BCUT2D eigenvalue weighted by atomic mass is 35.5. The first-order valence-corrected chi connectivity index (χ1v) is 4.82. The van der Waals surface area contributed by atoms with E-state index in [1.54, 1.807) is 12.3 Å². The van der Waals surface area contributed by atoms with Crippen LogP contribution < -0.4 is 5.73 Å². The maximum absolute atomic E-state index is 5.86. The minimum Gasteiger partial charge on any atom is -0.399 e. The van der Waals surface area contributed by atoms with Gasteiger partial charge in [-0.15, -0.1) is 0 Å². The van der Waals surface area contributed by atoms with E-state index in [9.17, 15) is 0 Å². The zero-order valence-corrected chi connectivity index (χ0v) is 9.38. The lowest BCUT2D eigenvalue weighted by molar-refractivity contribution is 1.23. The highest BCUT2D eigenvalue weighted by Gasteiger charge is 2.05. The number of aromatic nitrogens is 1. The van der Waals surface area contributed by atoms with E-state index in [1.165, 1.54) is 0 Å². The Balaban J connectivity index is 3.16. The molecule has 0 amide bonds. The van der Waals surface area contributed by atoms with Gasteiger partial charge in [0.2, 0.25) is 0 Å². The Morgan fingerprint density at radius 3 is 2.53 bits per heavy atom. The number of nitrogens with zero attached hydrogens (tertiary/aromatic N) is 1. The lowest BCUT2D eigenvalue weighted by Crippen LogP contribution is -1.95. The topological polar surface area (TPSA) is 38.9 Å². The molecule has 15 heavy (non-hydrogen) atoms. The summed E-state index contributed by atoms with van der Waals surface area (Å²) in [6.07, 6.45) is 3.43. The number of pyridine rings is 1. The summed E-state index contributed by atoms with van der Waals surface area (Å²) in [5, 5.41) is 0.401. The Kier molecular flexibility index (Phi) is 3.69. The molecule has 1 heterocycles. The van der Waals surface area contributed by atoms with Gasteiger partial charge in [-0.1, -0.05) is 30.8 Å². The van der Waals surface area contributed by atoms with Crippen molar-refractivity contribution in [2.75, 3.05) is 0 Å². The largest absolute Gasteiger partial charge is 0.399 e. The van der Waals surface area contributed by atoms with Crippen LogP contribution >= 0.6 is 11.6 Å². The van der Waals surface area contributed by atoms with E-state index in [0.717, 1.165) is 11.3 Å². The average molecular weight is 221 g/mol. The molecule has 0 radical (unpaired) electrons. The number of rotatable bonds is 3. The van der Waals surface area contributed by atoms with Crippen LogP contribution in [0.4, 0.5) is 0 Å². The summed E-state index contributed by atoms with van der Waals surface area (Å²) in [4.78, 5) is 4.24. The minimum atomic E-state index is 0.401. The molecule has 0 bridgehead atoms. The number of hydrogen-bond donors (Lipinski definition) is 1. The summed E-state index contributed by atoms with van der Waals surface area (Å²) in [6, 6.07) is 3.83. The molecule has 78 valence electrons. The fourth-order valence-corrected chi connectivity index (χ4v) is 1.26. The quantitative estimate of drug-likeness (QED) is 0.796. The fraction of sp³-hybridized carbons (Fsp3) is 0.0833. The van der Waals surface area contributed by atoms with E-state index >= 15 is 0 Å². The second kappa shape index (κ2) is 4.80. The molecule has 1 rings (SSSR count). The molecule has 0 aliphatic carbocycles. The fourth-order valence-electron chi connectivity index (χ4n) is 1.10. The van der Waals surface area contributed by atoms with E-state index in [4.69, 9.17) is 17.3 Å². The predicted molar refractivity (Wildman–Crippen MR) is 65.3 cm³/mol. The molecule has 0 spiro atoms. The predicted octanol–water partition coefficient (Wildman–Crippen LogP) is 3.00. The Hall–Kier alpha value is -1.54. The van der Waals surface area contributed by atoms with Gasteiger partial charge in [-0.2, -0.15) is 0 Å². The number of aryl methyl sites for hydroxylation is 1. The molecule has 1 aromatic rings. The van der Waals surface area contributed by atoms with Crippen LogP contribution in [0, 0.1) is 6.92 Å². The number of allylic oxidation sites excluding steroid dienone is 3. The van der Waals surface area contributed by atoms with Crippen LogP contribution in [0.1, 0.15) is 11.3 Å². The van der Waals surface area contributed by atoms with Crippen LogP contribution in [-0.4, -0.2) is 4.98 Å². The zero-order valence-electron chi connectivity index (χ0n) is 8.63. The molecule has 0 fully saturated rings. The number of nitrogens with two attached hydrogens (primary N) is 1. The van der Waals surface area contributed by atoms with E-state index in [1.807, 2.05) is 19.1 Å². The van der Waals surface area contributed by atoms with Crippen molar-refractivity contribution in [3.63, 3.8) is 0 Å². The van der Waals surface area contributed by atoms with Crippen molar-refractivity contribution in [1.82, 2.24) is 4.98 Å². The SMILES string of the molecule is C=C(N)/C=C(\C(=C)Cl)c1ccc(C)cn1. The van der Waals surface area contributed by atoms with E-state index in [2.05, 4.69) is 18.1 Å². The van der Waals surface area contributed by atoms with Crippen LogP contribution in [0.5, 0.6) is 0 Å². The van der Waals surface area contributed by atoms with Crippen molar-refractivity contribution in [3.8, 4) is 0 Å². The van der Waals surface area contributed by atoms with E-state index in [0.29, 0.717) is 16.3 Å². The Labute approximate surface area is 94.8 Å². The Bertz CT molecular complexity index is 416. The Morgan fingerprint density at radius 1 is 1.47 bits per heavy atom. The molecular weight excluding hydrogens is 208 g/mol. The van der Waals surface area contributed by atoms with E-state index < -0.39 is 0 Å². The molecule has 0 atom stereocenters. The first-order valence-electron chi connectivity index (χ1n) is 4.44. The third-order valence-corrected chi connectivity index (χ3v) is 2.01. The molecular formula is C12H13ClN2. The summed E-state index contributed by atoms with van der Waals surface area (Å²) in [7, 11) is 0. The van der Waals surface area contributed by atoms with E-state index in [-0.39, 0.29) is 0 Å². The van der Waals surface area contributed by atoms with Crippen molar-refractivity contribution in [2.24, 2.45) is 5.73 Å². The van der Waals surface area contributed by atoms with Crippen LogP contribution in [0.25, 0.3) is 5.57 Å².